The summed E-state index contributed by atoms with van der Waals surface area (Å²) in [5.41, 5.74) is 9.71. The zero-order chi connectivity index (χ0) is 29.1. The Balaban J connectivity index is 1.22. The molecular formula is C33H34N6O3. The number of ether oxygens (including phenoxy) is 2. The number of carbonyl (C=O) groups is 1. The van der Waals surface area contributed by atoms with E-state index in [4.69, 9.17) is 20.3 Å². The summed E-state index contributed by atoms with van der Waals surface area (Å²) in [7, 11) is 0. The number of piperidine rings is 1. The molecule has 1 unspecified atom stereocenters. The fraction of sp³-hybridized carbons (Fsp3) is 0.273. The molecule has 214 valence electrons. The van der Waals surface area contributed by atoms with Crippen molar-refractivity contribution in [2.24, 2.45) is 5.92 Å². The molecule has 0 aliphatic carbocycles. The highest BCUT2D eigenvalue weighted by atomic mass is 16.5. The van der Waals surface area contributed by atoms with E-state index in [-0.39, 0.29) is 17.9 Å². The lowest BCUT2D eigenvalue weighted by molar-refractivity contribution is -0.136. The number of likely N-dealkylation sites (tertiary alicyclic amines) is 1. The van der Waals surface area contributed by atoms with Gasteiger partial charge in [-0.25, -0.2) is 14.6 Å². The van der Waals surface area contributed by atoms with Crippen LogP contribution in [0.4, 0.5) is 5.82 Å². The standard InChI is InChI=1S/C33H34N6O3/c1-22(2)33(40)38-17-7-10-25(19-38)39-32-29(31(34)35-21-36-32)30(37-39)24-13-15-26(16-14-24)42-28-12-6-11-27(18-28)41-20-23-8-4-3-5-9-23/h3-6,8-9,11-16,18,21-22,25H,7,10,17,19-20H2,1-2H3,(H2,34,35,36). The molecule has 2 N–H and O–H groups in total. The van der Waals surface area contributed by atoms with E-state index in [2.05, 4.69) is 9.97 Å². The maximum atomic E-state index is 12.7. The van der Waals surface area contributed by atoms with Crippen molar-refractivity contribution < 1.29 is 14.3 Å². The Hall–Kier alpha value is -4.92. The van der Waals surface area contributed by atoms with Crippen LogP contribution >= 0.6 is 0 Å². The Kier molecular flexibility index (Phi) is 7.72. The number of benzene rings is 3. The van der Waals surface area contributed by atoms with Crippen LogP contribution in [0, 0.1) is 5.92 Å². The first-order valence-electron chi connectivity index (χ1n) is 14.3. The van der Waals surface area contributed by atoms with Gasteiger partial charge in [-0.3, -0.25) is 4.79 Å². The van der Waals surface area contributed by atoms with Gasteiger partial charge in [0.15, 0.2) is 5.65 Å². The Morgan fingerprint density at radius 2 is 1.76 bits per heavy atom. The summed E-state index contributed by atoms with van der Waals surface area (Å²) in [6.45, 7) is 5.72. The van der Waals surface area contributed by atoms with Gasteiger partial charge in [0.1, 0.15) is 41.7 Å². The van der Waals surface area contributed by atoms with Crippen molar-refractivity contribution in [2.75, 3.05) is 18.8 Å². The quantitative estimate of drug-likeness (QED) is 0.238. The number of anilines is 1. The topological polar surface area (TPSA) is 108 Å². The van der Waals surface area contributed by atoms with Gasteiger partial charge < -0.3 is 20.1 Å². The van der Waals surface area contributed by atoms with E-state index in [1.54, 1.807) is 0 Å². The molecule has 0 radical (unpaired) electrons. The van der Waals surface area contributed by atoms with Gasteiger partial charge in [0, 0.05) is 30.6 Å². The number of nitrogens with zero attached hydrogens (tertiary/aromatic N) is 5. The van der Waals surface area contributed by atoms with Gasteiger partial charge in [-0.1, -0.05) is 50.2 Å². The lowest BCUT2D eigenvalue weighted by Crippen LogP contribution is -2.42. The summed E-state index contributed by atoms with van der Waals surface area (Å²) in [5, 5.41) is 5.70. The molecule has 0 saturated carbocycles. The van der Waals surface area contributed by atoms with E-state index in [0.29, 0.717) is 47.2 Å². The molecule has 0 bridgehead atoms. The zero-order valence-corrected chi connectivity index (χ0v) is 23.8. The summed E-state index contributed by atoms with van der Waals surface area (Å²) >= 11 is 0. The molecule has 3 heterocycles. The van der Waals surface area contributed by atoms with Crippen LogP contribution in [0.15, 0.2) is 85.2 Å². The highest BCUT2D eigenvalue weighted by molar-refractivity contribution is 5.98. The van der Waals surface area contributed by atoms with E-state index in [1.807, 2.05) is 102 Å². The second-order valence-corrected chi connectivity index (χ2v) is 10.9. The fourth-order valence-corrected chi connectivity index (χ4v) is 5.36. The number of fused-ring (bicyclic) bond motifs is 1. The Morgan fingerprint density at radius 1 is 0.976 bits per heavy atom. The molecule has 6 rings (SSSR count). The second kappa shape index (κ2) is 11.9. The van der Waals surface area contributed by atoms with Crippen molar-refractivity contribution in [1.82, 2.24) is 24.6 Å². The van der Waals surface area contributed by atoms with E-state index in [9.17, 15) is 4.79 Å². The summed E-state index contributed by atoms with van der Waals surface area (Å²) in [6.07, 6.45) is 3.28. The second-order valence-electron chi connectivity index (χ2n) is 10.9. The van der Waals surface area contributed by atoms with Gasteiger partial charge in [-0.2, -0.15) is 5.10 Å². The molecule has 1 amide bonds. The van der Waals surface area contributed by atoms with Crippen LogP contribution in [0.1, 0.15) is 38.3 Å². The highest BCUT2D eigenvalue weighted by Gasteiger charge is 2.29. The molecule has 9 heteroatoms. The summed E-state index contributed by atoms with van der Waals surface area (Å²) in [5.74, 6) is 2.59. The van der Waals surface area contributed by atoms with Crippen LogP contribution < -0.4 is 15.2 Å². The van der Waals surface area contributed by atoms with Gasteiger partial charge in [0.25, 0.3) is 0 Å². The number of hydrogen-bond donors (Lipinski definition) is 1. The lowest BCUT2D eigenvalue weighted by atomic mass is 10.0. The Labute approximate surface area is 244 Å². The summed E-state index contributed by atoms with van der Waals surface area (Å²) < 4.78 is 14.0. The maximum absolute atomic E-state index is 12.7. The third-order valence-corrected chi connectivity index (χ3v) is 7.48. The van der Waals surface area contributed by atoms with Crippen molar-refractivity contribution >= 4 is 22.8 Å². The van der Waals surface area contributed by atoms with Gasteiger partial charge in [0.05, 0.1) is 11.4 Å². The van der Waals surface area contributed by atoms with Crippen molar-refractivity contribution in [3.05, 3.63) is 90.8 Å². The molecule has 1 fully saturated rings. The average Bonchev–Trinajstić information content (AvgIpc) is 3.42. The SMILES string of the molecule is CC(C)C(=O)N1CCCC(n2nc(-c3ccc(Oc4cccc(OCc5ccccc5)c4)cc3)c3c(N)ncnc32)C1. The van der Waals surface area contributed by atoms with Gasteiger partial charge in [0.2, 0.25) is 5.91 Å². The molecule has 42 heavy (non-hydrogen) atoms. The number of nitrogen functional groups attached to an aromatic ring is 1. The van der Waals surface area contributed by atoms with Gasteiger partial charge >= 0.3 is 0 Å². The molecule has 9 nitrogen and oxygen atoms in total. The number of amides is 1. The zero-order valence-electron chi connectivity index (χ0n) is 23.8. The van der Waals surface area contributed by atoms with Crippen molar-refractivity contribution in [3.8, 4) is 28.5 Å². The number of nitrogens with two attached hydrogens (primary N) is 1. The molecule has 1 aliphatic heterocycles. The van der Waals surface area contributed by atoms with E-state index in [1.165, 1.54) is 6.33 Å². The minimum absolute atomic E-state index is 0.00555. The van der Waals surface area contributed by atoms with Gasteiger partial charge in [-0.15, -0.1) is 0 Å². The minimum Gasteiger partial charge on any atom is -0.489 e. The van der Waals surface area contributed by atoms with Crippen LogP contribution in [-0.2, 0) is 11.4 Å². The van der Waals surface area contributed by atoms with E-state index < -0.39 is 0 Å². The molecule has 1 atom stereocenters. The normalized spacial score (nSPS) is 15.2. The maximum Gasteiger partial charge on any atom is 0.225 e. The number of carbonyl (C=O) groups excluding carboxylic acids is 1. The number of hydrogen-bond acceptors (Lipinski definition) is 7. The fourth-order valence-electron chi connectivity index (χ4n) is 5.36. The Morgan fingerprint density at radius 3 is 2.55 bits per heavy atom. The molecule has 3 aromatic carbocycles. The minimum atomic E-state index is -0.0448. The largest absolute Gasteiger partial charge is 0.489 e. The first-order chi connectivity index (χ1) is 20.5. The average molecular weight is 563 g/mol. The first-order valence-corrected chi connectivity index (χ1v) is 14.3. The third kappa shape index (κ3) is 5.76. The van der Waals surface area contributed by atoms with Crippen LogP contribution in [0.2, 0.25) is 0 Å². The van der Waals surface area contributed by atoms with Crippen LogP contribution in [0.25, 0.3) is 22.3 Å². The van der Waals surface area contributed by atoms with Crippen molar-refractivity contribution in [2.45, 2.75) is 39.3 Å². The third-order valence-electron chi connectivity index (χ3n) is 7.48. The number of rotatable bonds is 8. The van der Waals surface area contributed by atoms with Gasteiger partial charge in [-0.05, 0) is 54.8 Å². The lowest BCUT2D eigenvalue weighted by Gasteiger charge is -2.34. The predicted molar refractivity (Wildman–Crippen MR) is 162 cm³/mol. The Bertz CT molecular complexity index is 1680. The summed E-state index contributed by atoms with van der Waals surface area (Å²) in [6, 6.07) is 25.4. The number of aromatic nitrogens is 4. The first kappa shape index (κ1) is 27.3. The monoisotopic (exact) mass is 562 g/mol. The highest BCUT2D eigenvalue weighted by Crippen LogP contribution is 2.35. The van der Waals surface area contributed by atoms with Crippen molar-refractivity contribution in [1.29, 1.82) is 0 Å². The molecule has 1 saturated heterocycles. The van der Waals surface area contributed by atoms with Crippen LogP contribution in [0.5, 0.6) is 17.2 Å². The van der Waals surface area contributed by atoms with Crippen molar-refractivity contribution in [3.63, 3.8) is 0 Å². The predicted octanol–water partition coefficient (Wildman–Crippen LogP) is 6.27. The van der Waals surface area contributed by atoms with E-state index >= 15 is 0 Å². The van der Waals surface area contributed by atoms with Crippen LogP contribution in [-0.4, -0.2) is 43.6 Å². The molecule has 5 aromatic rings. The van der Waals surface area contributed by atoms with Crippen LogP contribution in [0.3, 0.4) is 0 Å². The molecule has 0 spiro atoms. The smallest absolute Gasteiger partial charge is 0.225 e. The summed E-state index contributed by atoms with van der Waals surface area (Å²) in [4.78, 5) is 23.5. The molecule has 2 aromatic heterocycles. The molecular weight excluding hydrogens is 528 g/mol. The molecule has 1 aliphatic rings. The van der Waals surface area contributed by atoms with E-state index in [0.717, 1.165) is 36.3 Å².